The van der Waals surface area contributed by atoms with Gasteiger partial charge in [0.2, 0.25) is 23.6 Å². The lowest BCUT2D eigenvalue weighted by Crippen LogP contribution is -2.52. The highest BCUT2D eigenvalue weighted by Crippen LogP contribution is 2.48. The van der Waals surface area contributed by atoms with Gasteiger partial charge in [-0.25, -0.2) is 0 Å². The van der Waals surface area contributed by atoms with Gasteiger partial charge < -0.3 is 46.4 Å². The summed E-state index contributed by atoms with van der Waals surface area (Å²) < 4.78 is 6.43. The van der Waals surface area contributed by atoms with E-state index < -0.39 is 94.8 Å². The van der Waals surface area contributed by atoms with E-state index in [1.54, 1.807) is 0 Å². The molecule has 6 aliphatic rings. The molecule has 0 aromatic rings. The van der Waals surface area contributed by atoms with Crippen molar-refractivity contribution in [2.24, 2.45) is 65.1 Å². The molecule has 11 unspecified atom stereocenters. The van der Waals surface area contributed by atoms with Crippen LogP contribution < -0.4 is 21.3 Å². The van der Waals surface area contributed by atoms with Crippen molar-refractivity contribution in [1.82, 2.24) is 21.3 Å². The fourth-order valence-electron chi connectivity index (χ4n) is 11.4. The zero-order valence-corrected chi connectivity index (χ0v) is 33.1. The molecule has 0 heterocycles. The first-order chi connectivity index (χ1) is 27.6. The Labute approximate surface area is 337 Å². The standard InChI is InChI=1S/C41H60N4O13/c1-42-34(46)26-14-28(32(40(54)55)16-30(26)38(50)51)36(48)44-22-4-8-24(9-5-22)58-25-10-6-23(7-11-25)45-37(49)29-15-27(31(39(52)53)17-33(29)41(56)57)35(47)43-18-21-13-19-2-3-20(21)12-19/h19-33H,2-18H2,1H3,(H,42,46)(H,43,47)(H,44,48)(H,45,49)(H,50,51)(H,52,53)(H,54,55)(H,56,57). The summed E-state index contributed by atoms with van der Waals surface area (Å²) in [5, 5.41) is 50.9. The zero-order chi connectivity index (χ0) is 41.8. The molecule has 58 heavy (non-hydrogen) atoms. The van der Waals surface area contributed by atoms with E-state index in [0.717, 1.165) is 12.8 Å². The number of ether oxygens (including phenoxy) is 1. The highest BCUT2D eigenvalue weighted by Gasteiger charge is 2.51. The van der Waals surface area contributed by atoms with Gasteiger partial charge in [-0.3, -0.25) is 38.4 Å². The second-order valence-corrected chi connectivity index (χ2v) is 18.0. The minimum Gasteiger partial charge on any atom is -0.481 e. The molecule has 6 saturated carbocycles. The van der Waals surface area contributed by atoms with Crippen LogP contribution in [0, 0.1) is 65.1 Å². The van der Waals surface area contributed by atoms with Crippen molar-refractivity contribution in [2.75, 3.05) is 13.6 Å². The minimum atomic E-state index is -1.27. The molecule has 322 valence electrons. The van der Waals surface area contributed by atoms with E-state index in [1.807, 2.05) is 0 Å². The lowest BCUT2D eigenvalue weighted by atomic mass is 9.67. The Morgan fingerprint density at radius 2 is 0.862 bits per heavy atom. The molecule has 0 radical (unpaired) electrons. The average molecular weight is 817 g/mol. The van der Waals surface area contributed by atoms with Gasteiger partial charge in [0.1, 0.15) is 0 Å². The molecule has 8 N–H and O–H groups in total. The maximum Gasteiger partial charge on any atom is 0.307 e. The van der Waals surface area contributed by atoms with Crippen molar-refractivity contribution < 1.29 is 63.5 Å². The van der Waals surface area contributed by atoms with E-state index in [4.69, 9.17) is 4.74 Å². The van der Waals surface area contributed by atoms with Crippen molar-refractivity contribution in [1.29, 1.82) is 0 Å². The van der Waals surface area contributed by atoms with E-state index in [9.17, 15) is 58.8 Å². The van der Waals surface area contributed by atoms with Crippen LogP contribution in [0.2, 0.25) is 0 Å². The Morgan fingerprint density at radius 3 is 1.22 bits per heavy atom. The van der Waals surface area contributed by atoms with Crippen LogP contribution in [0.5, 0.6) is 0 Å². The van der Waals surface area contributed by atoms with Gasteiger partial charge in [-0.1, -0.05) is 6.42 Å². The van der Waals surface area contributed by atoms with Gasteiger partial charge in [0.25, 0.3) is 0 Å². The number of carboxylic acids is 4. The predicted molar refractivity (Wildman–Crippen MR) is 202 cm³/mol. The van der Waals surface area contributed by atoms with Crippen LogP contribution in [0.3, 0.4) is 0 Å². The van der Waals surface area contributed by atoms with E-state index >= 15 is 0 Å². The van der Waals surface area contributed by atoms with Crippen LogP contribution in [-0.2, 0) is 43.1 Å². The molecule has 0 aromatic heterocycles. The van der Waals surface area contributed by atoms with E-state index in [0.29, 0.717) is 75.7 Å². The van der Waals surface area contributed by atoms with Gasteiger partial charge in [0.15, 0.2) is 0 Å². The molecule has 17 nitrogen and oxygen atoms in total. The molecule has 6 rings (SSSR count). The fourth-order valence-corrected chi connectivity index (χ4v) is 11.4. The molecular formula is C41H60N4O13. The van der Waals surface area contributed by atoms with Crippen LogP contribution in [0.25, 0.3) is 0 Å². The second-order valence-electron chi connectivity index (χ2n) is 18.0. The van der Waals surface area contributed by atoms with E-state index in [1.165, 1.54) is 19.9 Å². The third-order valence-electron chi connectivity index (χ3n) is 14.7. The molecule has 0 aliphatic heterocycles. The Hall–Kier alpha value is -4.28. The van der Waals surface area contributed by atoms with E-state index in [2.05, 4.69) is 21.3 Å². The van der Waals surface area contributed by atoms with Gasteiger partial charge in [-0.2, -0.15) is 0 Å². The van der Waals surface area contributed by atoms with Gasteiger partial charge >= 0.3 is 23.9 Å². The number of nitrogens with one attached hydrogen (secondary N) is 4. The summed E-state index contributed by atoms with van der Waals surface area (Å²) in [6.07, 6.45) is 8.56. The lowest BCUT2D eigenvalue weighted by molar-refractivity contribution is -0.160. The topological polar surface area (TPSA) is 275 Å². The van der Waals surface area contributed by atoms with Gasteiger partial charge in [0, 0.05) is 25.7 Å². The Kier molecular flexibility index (Phi) is 14.0. The van der Waals surface area contributed by atoms with Gasteiger partial charge in [0.05, 0.1) is 59.6 Å². The van der Waals surface area contributed by atoms with Crippen molar-refractivity contribution in [3.63, 3.8) is 0 Å². The third kappa shape index (κ3) is 9.94. The number of carbonyl (C=O) groups is 8. The molecule has 2 bridgehead atoms. The monoisotopic (exact) mass is 816 g/mol. The first-order valence-electron chi connectivity index (χ1n) is 21.3. The molecule has 0 spiro atoms. The molecule has 6 aliphatic carbocycles. The van der Waals surface area contributed by atoms with Gasteiger partial charge in [-0.05, 0) is 114 Å². The number of hydrogen-bond donors (Lipinski definition) is 8. The summed E-state index contributed by atoms with van der Waals surface area (Å²) >= 11 is 0. The summed E-state index contributed by atoms with van der Waals surface area (Å²) in [4.78, 5) is 101. The van der Waals surface area contributed by atoms with Gasteiger partial charge in [-0.15, -0.1) is 0 Å². The number of aliphatic carboxylic acids is 4. The lowest BCUT2D eigenvalue weighted by Gasteiger charge is -2.39. The Balaban J connectivity index is 0.947. The maximum absolute atomic E-state index is 13.7. The first kappa shape index (κ1) is 43.3. The Morgan fingerprint density at radius 1 is 0.466 bits per heavy atom. The Bertz CT molecular complexity index is 1590. The molecule has 0 aromatic carbocycles. The van der Waals surface area contributed by atoms with Crippen LogP contribution in [0.15, 0.2) is 0 Å². The predicted octanol–water partition coefficient (Wildman–Crippen LogP) is 2.01. The van der Waals surface area contributed by atoms with Crippen LogP contribution in [0.1, 0.15) is 103 Å². The van der Waals surface area contributed by atoms with E-state index in [-0.39, 0.29) is 50.0 Å². The largest absolute Gasteiger partial charge is 0.481 e. The summed E-state index contributed by atoms with van der Waals surface area (Å²) in [5.41, 5.74) is 0. The maximum atomic E-state index is 13.7. The number of rotatable bonds is 14. The summed E-state index contributed by atoms with van der Waals surface area (Å²) in [6.45, 7) is 0.473. The molecule has 4 amide bonds. The molecule has 6 fully saturated rings. The normalized spacial score (nSPS) is 38.5. The van der Waals surface area contributed by atoms with Crippen molar-refractivity contribution in [3.8, 4) is 0 Å². The number of fused-ring (bicyclic) bond motifs is 2. The minimum absolute atomic E-state index is 0.0624. The van der Waals surface area contributed by atoms with Crippen molar-refractivity contribution in [3.05, 3.63) is 0 Å². The van der Waals surface area contributed by atoms with Crippen LogP contribution in [0.4, 0.5) is 0 Å². The number of carbonyl (C=O) groups excluding carboxylic acids is 4. The smallest absolute Gasteiger partial charge is 0.307 e. The third-order valence-corrected chi connectivity index (χ3v) is 14.7. The summed E-state index contributed by atoms with van der Waals surface area (Å²) in [6, 6.07) is -0.449. The number of hydrogen-bond acceptors (Lipinski definition) is 9. The van der Waals surface area contributed by atoms with Crippen LogP contribution >= 0.6 is 0 Å². The zero-order valence-electron chi connectivity index (χ0n) is 33.1. The van der Waals surface area contributed by atoms with Crippen molar-refractivity contribution in [2.45, 2.75) is 127 Å². The number of carboxylic acid groups (broad SMARTS) is 4. The van der Waals surface area contributed by atoms with Crippen molar-refractivity contribution >= 4 is 47.5 Å². The quantitative estimate of drug-likeness (QED) is 0.125. The highest BCUT2D eigenvalue weighted by atomic mass is 16.5. The molecule has 17 heteroatoms. The second kappa shape index (κ2) is 18.8. The molecule has 0 saturated heterocycles. The highest BCUT2D eigenvalue weighted by molar-refractivity contribution is 5.91. The summed E-state index contributed by atoms with van der Waals surface area (Å²) in [7, 11) is 1.37. The first-order valence-corrected chi connectivity index (χ1v) is 21.3. The fraction of sp³-hybridized carbons (Fsp3) is 0.805. The number of amides is 4. The molecular weight excluding hydrogens is 756 g/mol. The van der Waals surface area contributed by atoms with Crippen LogP contribution in [-0.4, -0.2) is 106 Å². The SMILES string of the molecule is CNC(=O)C1CC(C(=O)NC2CCC(OC3CCC(NC(=O)C4CC(C(=O)NCC5CC6CCC5C6)C(C(=O)O)CC4C(=O)O)CC3)CC2)C(C(=O)O)CC1C(=O)O. The average Bonchev–Trinajstić information content (AvgIpc) is 3.84. The summed E-state index contributed by atoms with van der Waals surface area (Å²) in [5.74, 6) is -14.3. The molecule has 11 atom stereocenters.